The van der Waals surface area contributed by atoms with Gasteiger partial charge in [0.1, 0.15) is 18.1 Å². The van der Waals surface area contributed by atoms with Gasteiger partial charge < -0.3 is 14.4 Å². The van der Waals surface area contributed by atoms with Crippen LogP contribution in [0, 0.1) is 0 Å². The van der Waals surface area contributed by atoms with Crippen molar-refractivity contribution in [2.75, 3.05) is 19.7 Å². The van der Waals surface area contributed by atoms with Crippen LogP contribution in [0.1, 0.15) is 33.1 Å². The summed E-state index contributed by atoms with van der Waals surface area (Å²) < 4.78 is 14.2. The van der Waals surface area contributed by atoms with Gasteiger partial charge in [0, 0.05) is 68.2 Å². The average Bonchev–Trinajstić information content (AvgIpc) is 3.30. The molecule has 0 aliphatic carbocycles. The van der Waals surface area contributed by atoms with Crippen LogP contribution in [0.5, 0.6) is 11.5 Å². The Morgan fingerprint density at radius 2 is 1.81 bits per heavy atom. The van der Waals surface area contributed by atoms with Crippen molar-refractivity contribution in [2.24, 2.45) is 7.05 Å². The SMILES string of the molecule is CCOc1cc2ncnc(-c3cn(C)nc3-c3ccccc3)c2cc1OC1CCN(C(=O)CC)CC1. The Bertz CT molecular complexity index is 1360. The van der Waals surface area contributed by atoms with Crippen molar-refractivity contribution < 1.29 is 14.3 Å². The molecule has 8 nitrogen and oxygen atoms in total. The number of carbonyl (C=O) groups is 1. The monoisotopic (exact) mass is 485 g/mol. The summed E-state index contributed by atoms with van der Waals surface area (Å²) in [6, 6.07) is 14.0. The number of nitrogens with zero attached hydrogens (tertiary/aromatic N) is 5. The van der Waals surface area contributed by atoms with Crippen LogP contribution in [-0.4, -0.2) is 56.4 Å². The van der Waals surface area contributed by atoms with E-state index in [0.29, 0.717) is 37.6 Å². The fraction of sp³-hybridized carbons (Fsp3) is 0.357. The molecular formula is C28H31N5O3. The summed E-state index contributed by atoms with van der Waals surface area (Å²) in [5.74, 6) is 1.53. The van der Waals surface area contributed by atoms with Gasteiger partial charge in [0.05, 0.1) is 17.8 Å². The summed E-state index contributed by atoms with van der Waals surface area (Å²) in [5.41, 5.74) is 4.39. The normalized spacial score (nSPS) is 14.2. The molecular weight excluding hydrogens is 454 g/mol. The molecule has 8 heteroatoms. The van der Waals surface area contributed by atoms with Gasteiger partial charge in [0.2, 0.25) is 5.91 Å². The summed E-state index contributed by atoms with van der Waals surface area (Å²) in [5, 5.41) is 5.60. The van der Waals surface area contributed by atoms with Crippen LogP contribution in [0.15, 0.2) is 55.0 Å². The first-order valence-corrected chi connectivity index (χ1v) is 12.5. The Kier molecular flexibility index (Phi) is 6.84. The van der Waals surface area contributed by atoms with Crippen LogP contribution < -0.4 is 9.47 Å². The third-order valence-electron chi connectivity index (χ3n) is 6.52. The molecule has 1 fully saturated rings. The number of rotatable bonds is 7. The molecule has 186 valence electrons. The third-order valence-corrected chi connectivity index (χ3v) is 6.52. The summed E-state index contributed by atoms with van der Waals surface area (Å²) >= 11 is 0. The lowest BCUT2D eigenvalue weighted by atomic mass is 10.0. The summed E-state index contributed by atoms with van der Waals surface area (Å²) in [6.07, 6.45) is 5.68. The molecule has 3 heterocycles. The molecule has 0 unspecified atom stereocenters. The first kappa shape index (κ1) is 23.8. The van der Waals surface area contributed by atoms with Crippen LogP contribution in [-0.2, 0) is 11.8 Å². The second-order valence-corrected chi connectivity index (χ2v) is 8.95. The largest absolute Gasteiger partial charge is 0.490 e. The van der Waals surface area contributed by atoms with Crippen LogP contribution in [0.3, 0.4) is 0 Å². The van der Waals surface area contributed by atoms with Crippen molar-refractivity contribution in [3.63, 3.8) is 0 Å². The zero-order chi connectivity index (χ0) is 25.1. The van der Waals surface area contributed by atoms with E-state index in [2.05, 4.69) is 9.97 Å². The predicted molar refractivity (Wildman–Crippen MR) is 139 cm³/mol. The van der Waals surface area contributed by atoms with E-state index in [1.54, 1.807) is 6.33 Å². The molecule has 1 amide bonds. The Balaban J connectivity index is 1.53. The van der Waals surface area contributed by atoms with Gasteiger partial charge in [-0.05, 0) is 13.0 Å². The molecule has 2 aromatic heterocycles. The lowest BCUT2D eigenvalue weighted by Crippen LogP contribution is -2.41. The molecule has 4 aromatic rings. The topological polar surface area (TPSA) is 82.4 Å². The number of likely N-dealkylation sites (tertiary alicyclic amines) is 1. The first-order valence-electron chi connectivity index (χ1n) is 12.5. The number of aromatic nitrogens is 4. The maximum absolute atomic E-state index is 12.1. The lowest BCUT2D eigenvalue weighted by Gasteiger charge is -2.32. The average molecular weight is 486 g/mol. The molecule has 36 heavy (non-hydrogen) atoms. The summed E-state index contributed by atoms with van der Waals surface area (Å²) in [4.78, 5) is 23.2. The fourth-order valence-electron chi connectivity index (χ4n) is 4.74. The van der Waals surface area contributed by atoms with Crippen molar-refractivity contribution >= 4 is 16.8 Å². The number of hydrogen-bond donors (Lipinski definition) is 0. The van der Waals surface area contributed by atoms with Crippen LogP contribution in [0.4, 0.5) is 0 Å². The molecule has 0 radical (unpaired) electrons. The number of amides is 1. The van der Waals surface area contributed by atoms with Gasteiger partial charge in [0.25, 0.3) is 0 Å². The van der Waals surface area contributed by atoms with Gasteiger partial charge in [-0.15, -0.1) is 0 Å². The zero-order valence-corrected chi connectivity index (χ0v) is 21.0. The van der Waals surface area contributed by atoms with E-state index in [9.17, 15) is 4.79 Å². The molecule has 0 spiro atoms. The smallest absolute Gasteiger partial charge is 0.222 e. The molecule has 1 saturated heterocycles. The number of aryl methyl sites for hydroxylation is 1. The van der Waals surface area contributed by atoms with E-state index in [0.717, 1.165) is 46.3 Å². The number of benzene rings is 2. The molecule has 5 rings (SSSR count). The van der Waals surface area contributed by atoms with E-state index in [1.807, 2.05) is 79.1 Å². The highest BCUT2D eigenvalue weighted by Crippen LogP contribution is 2.39. The van der Waals surface area contributed by atoms with Crippen LogP contribution >= 0.6 is 0 Å². The van der Waals surface area contributed by atoms with Gasteiger partial charge in [-0.2, -0.15) is 5.10 Å². The fourth-order valence-corrected chi connectivity index (χ4v) is 4.74. The second-order valence-electron chi connectivity index (χ2n) is 8.95. The summed E-state index contributed by atoms with van der Waals surface area (Å²) in [7, 11) is 1.91. The van der Waals surface area contributed by atoms with E-state index < -0.39 is 0 Å². The van der Waals surface area contributed by atoms with Gasteiger partial charge in [-0.1, -0.05) is 37.3 Å². The molecule has 1 aliphatic heterocycles. The highest BCUT2D eigenvalue weighted by molar-refractivity contribution is 5.97. The van der Waals surface area contributed by atoms with Crippen LogP contribution in [0.2, 0.25) is 0 Å². The molecule has 0 bridgehead atoms. The Morgan fingerprint density at radius 1 is 1.03 bits per heavy atom. The lowest BCUT2D eigenvalue weighted by molar-refractivity contribution is -0.132. The van der Waals surface area contributed by atoms with E-state index in [4.69, 9.17) is 14.6 Å². The molecule has 0 N–H and O–H groups in total. The number of fused-ring (bicyclic) bond motifs is 1. The van der Waals surface area contributed by atoms with E-state index in [-0.39, 0.29) is 12.0 Å². The Morgan fingerprint density at radius 3 is 2.53 bits per heavy atom. The minimum absolute atomic E-state index is 0.00825. The maximum atomic E-state index is 12.1. The van der Waals surface area contributed by atoms with E-state index >= 15 is 0 Å². The van der Waals surface area contributed by atoms with Crippen molar-refractivity contribution in [3.8, 4) is 34.0 Å². The predicted octanol–water partition coefficient (Wildman–Crippen LogP) is 4.88. The molecule has 1 aliphatic rings. The minimum atomic E-state index is 0.00825. The number of ether oxygens (including phenoxy) is 2. The van der Waals surface area contributed by atoms with Gasteiger partial charge in [0.15, 0.2) is 11.5 Å². The van der Waals surface area contributed by atoms with Crippen molar-refractivity contribution in [2.45, 2.75) is 39.2 Å². The van der Waals surface area contributed by atoms with Crippen molar-refractivity contribution in [1.29, 1.82) is 0 Å². The number of hydrogen-bond acceptors (Lipinski definition) is 6. The first-order chi connectivity index (χ1) is 17.6. The number of piperidine rings is 1. The van der Waals surface area contributed by atoms with Crippen molar-refractivity contribution in [3.05, 3.63) is 55.0 Å². The minimum Gasteiger partial charge on any atom is -0.490 e. The molecule has 2 aromatic carbocycles. The summed E-state index contributed by atoms with van der Waals surface area (Å²) in [6.45, 7) is 5.79. The van der Waals surface area contributed by atoms with Crippen molar-refractivity contribution in [1.82, 2.24) is 24.6 Å². The zero-order valence-electron chi connectivity index (χ0n) is 21.0. The highest BCUT2D eigenvalue weighted by Gasteiger charge is 2.25. The van der Waals surface area contributed by atoms with Gasteiger partial charge in [-0.3, -0.25) is 9.48 Å². The standard InChI is InChI=1S/C28H31N5O3/c1-4-26(34)33-13-11-20(12-14-33)36-25-15-21-23(16-24(25)35-5-2)29-18-30-28(21)22-17-32(3)31-27(22)19-9-7-6-8-10-19/h6-10,15-18,20H,4-5,11-14H2,1-3H3. The number of carbonyl (C=O) groups excluding carboxylic acids is 1. The molecule has 0 atom stereocenters. The van der Waals surface area contributed by atoms with E-state index in [1.165, 1.54) is 0 Å². The maximum Gasteiger partial charge on any atom is 0.222 e. The Hall–Kier alpha value is -3.94. The Labute approximate surface area is 210 Å². The third kappa shape index (κ3) is 4.76. The quantitative estimate of drug-likeness (QED) is 0.371. The van der Waals surface area contributed by atoms with Gasteiger partial charge in [-0.25, -0.2) is 9.97 Å². The van der Waals surface area contributed by atoms with Crippen LogP contribution in [0.25, 0.3) is 33.4 Å². The molecule has 0 saturated carbocycles. The van der Waals surface area contributed by atoms with Gasteiger partial charge >= 0.3 is 0 Å². The highest BCUT2D eigenvalue weighted by atomic mass is 16.5. The second kappa shape index (κ2) is 10.4.